The third kappa shape index (κ3) is 7.03. The maximum Gasteiger partial charge on any atom is 0.226 e. The lowest BCUT2D eigenvalue weighted by Gasteiger charge is -2.11. The largest absolute Gasteiger partial charge is 0.485 e. The first-order valence-electron chi connectivity index (χ1n) is 10.4. The number of rotatable bonds is 10. The van der Waals surface area contributed by atoms with Crippen molar-refractivity contribution in [2.24, 2.45) is 5.92 Å². The van der Waals surface area contributed by atoms with Crippen LogP contribution in [0.1, 0.15) is 48.2 Å². The zero-order valence-corrected chi connectivity index (χ0v) is 17.9. The second kappa shape index (κ2) is 11.0. The highest BCUT2D eigenvalue weighted by molar-refractivity contribution is 6.00. The van der Waals surface area contributed by atoms with E-state index < -0.39 is 0 Å². The molecule has 1 N–H and O–H groups in total. The predicted molar refractivity (Wildman–Crippen MR) is 120 cm³/mol. The van der Waals surface area contributed by atoms with Crippen LogP contribution in [0.15, 0.2) is 67.1 Å². The standard InChI is InChI=1S/C25H27N3O3/c1-18(2)16-19-5-7-21(8-6-19)22(29)9-10-24(30)28-25-23(4-3-13-27-25)31-17-20-11-14-26-15-12-20/h3-8,11-15,18H,9-10,16-17H2,1-2H3,(H,27,28,30). The van der Waals surface area contributed by atoms with Gasteiger partial charge in [0, 0.05) is 37.0 Å². The van der Waals surface area contributed by atoms with E-state index in [4.69, 9.17) is 4.74 Å². The maximum absolute atomic E-state index is 12.4. The molecule has 0 unspecified atom stereocenters. The monoisotopic (exact) mass is 417 g/mol. The summed E-state index contributed by atoms with van der Waals surface area (Å²) in [6.45, 7) is 4.66. The summed E-state index contributed by atoms with van der Waals surface area (Å²) in [5.74, 6) is 1.04. The van der Waals surface area contributed by atoms with E-state index in [0.717, 1.165) is 12.0 Å². The number of pyridine rings is 2. The second-order valence-corrected chi connectivity index (χ2v) is 7.76. The molecule has 6 heteroatoms. The van der Waals surface area contributed by atoms with E-state index in [1.807, 2.05) is 36.4 Å². The average molecular weight is 418 g/mol. The summed E-state index contributed by atoms with van der Waals surface area (Å²) in [4.78, 5) is 33.0. The number of ketones is 1. The fraction of sp³-hybridized carbons (Fsp3) is 0.280. The fourth-order valence-corrected chi connectivity index (χ4v) is 3.11. The van der Waals surface area contributed by atoms with Crippen LogP contribution in [0.4, 0.5) is 5.82 Å². The van der Waals surface area contributed by atoms with E-state index in [1.165, 1.54) is 5.56 Å². The van der Waals surface area contributed by atoms with Gasteiger partial charge in [-0.2, -0.15) is 0 Å². The number of aromatic nitrogens is 2. The van der Waals surface area contributed by atoms with Crippen molar-refractivity contribution in [3.63, 3.8) is 0 Å². The van der Waals surface area contributed by atoms with E-state index in [0.29, 0.717) is 29.7 Å². The molecular formula is C25H27N3O3. The van der Waals surface area contributed by atoms with Gasteiger partial charge in [0.25, 0.3) is 0 Å². The molecule has 0 radical (unpaired) electrons. The molecule has 1 amide bonds. The van der Waals surface area contributed by atoms with Gasteiger partial charge >= 0.3 is 0 Å². The van der Waals surface area contributed by atoms with Crippen molar-refractivity contribution in [2.45, 2.75) is 39.7 Å². The quantitative estimate of drug-likeness (QED) is 0.477. The zero-order chi connectivity index (χ0) is 22.1. The molecule has 3 aromatic rings. The Morgan fingerprint density at radius 1 is 0.935 bits per heavy atom. The summed E-state index contributed by atoms with van der Waals surface area (Å²) in [7, 11) is 0. The highest BCUT2D eigenvalue weighted by Gasteiger charge is 2.13. The number of Topliss-reactive ketones (excluding diaryl/α,β-unsaturated/α-hetero) is 1. The number of nitrogens with one attached hydrogen (secondary N) is 1. The molecule has 2 heterocycles. The molecule has 2 aromatic heterocycles. The number of hydrogen-bond donors (Lipinski definition) is 1. The molecule has 6 nitrogen and oxygen atoms in total. The molecule has 0 aliphatic heterocycles. The Labute approximate surface area is 182 Å². The van der Waals surface area contributed by atoms with E-state index in [9.17, 15) is 9.59 Å². The van der Waals surface area contributed by atoms with Gasteiger partial charge in [0.1, 0.15) is 6.61 Å². The fourth-order valence-electron chi connectivity index (χ4n) is 3.11. The van der Waals surface area contributed by atoms with Gasteiger partial charge < -0.3 is 10.1 Å². The van der Waals surface area contributed by atoms with Crippen LogP contribution in [0.5, 0.6) is 5.75 Å². The summed E-state index contributed by atoms with van der Waals surface area (Å²) in [5.41, 5.74) is 2.79. The van der Waals surface area contributed by atoms with Crippen molar-refractivity contribution in [2.75, 3.05) is 5.32 Å². The summed E-state index contributed by atoms with van der Waals surface area (Å²) < 4.78 is 5.79. The van der Waals surface area contributed by atoms with Gasteiger partial charge in [0.15, 0.2) is 17.4 Å². The lowest BCUT2D eigenvalue weighted by molar-refractivity contribution is -0.116. The number of ether oxygens (including phenoxy) is 1. The number of benzene rings is 1. The third-order valence-corrected chi connectivity index (χ3v) is 4.67. The molecule has 0 saturated carbocycles. The Hall–Kier alpha value is -3.54. The molecule has 0 saturated heterocycles. The van der Waals surface area contributed by atoms with Crippen LogP contribution >= 0.6 is 0 Å². The number of hydrogen-bond acceptors (Lipinski definition) is 5. The molecule has 1 aromatic carbocycles. The minimum Gasteiger partial charge on any atom is -0.485 e. The predicted octanol–water partition coefficient (Wildman–Crippen LogP) is 4.86. The smallest absolute Gasteiger partial charge is 0.226 e. The van der Waals surface area contributed by atoms with Crippen molar-refractivity contribution in [1.82, 2.24) is 9.97 Å². The van der Waals surface area contributed by atoms with Gasteiger partial charge in [-0.05, 0) is 47.7 Å². The number of amides is 1. The molecule has 0 fully saturated rings. The van der Waals surface area contributed by atoms with Gasteiger partial charge in [-0.3, -0.25) is 14.6 Å². The van der Waals surface area contributed by atoms with Gasteiger partial charge in [0.05, 0.1) is 0 Å². The molecule has 0 spiro atoms. The SMILES string of the molecule is CC(C)Cc1ccc(C(=O)CCC(=O)Nc2ncccc2OCc2ccncc2)cc1. The third-order valence-electron chi connectivity index (χ3n) is 4.67. The number of carbonyl (C=O) groups excluding carboxylic acids is 2. The topological polar surface area (TPSA) is 81.2 Å². The summed E-state index contributed by atoms with van der Waals surface area (Å²) >= 11 is 0. The molecular weight excluding hydrogens is 390 g/mol. The minimum atomic E-state index is -0.280. The van der Waals surface area contributed by atoms with Gasteiger partial charge in [-0.25, -0.2) is 4.98 Å². The van der Waals surface area contributed by atoms with Crippen molar-refractivity contribution in [3.05, 3.63) is 83.8 Å². The van der Waals surface area contributed by atoms with E-state index >= 15 is 0 Å². The number of carbonyl (C=O) groups is 2. The second-order valence-electron chi connectivity index (χ2n) is 7.76. The molecule has 3 rings (SSSR count). The van der Waals surface area contributed by atoms with Gasteiger partial charge in [-0.1, -0.05) is 38.1 Å². The van der Waals surface area contributed by atoms with Crippen LogP contribution in [0, 0.1) is 5.92 Å². The zero-order valence-electron chi connectivity index (χ0n) is 17.9. The van der Waals surface area contributed by atoms with Crippen LogP contribution in [0.2, 0.25) is 0 Å². The van der Waals surface area contributed by atoms with E-state index in [-0.39, 0.29) is 24.5 Å². The Morgan fingerprint density at radius 3 is 2.39 bits per heavy atom. The molecule has 0 bridgehead atoms. The Morgan fingerprint density at radius 2 is 1.68 bits per heavy atom. The number of nitrogens with zero attached hydrogens (tertiary/aromatic N) is 2. The first kappa shape index (κ1) is 22.2. The molecule has 160 valence electrons. The summed E-state index contributed by atoms with van der Waals surface area (Å²) in [5, 5.41) is 2.74. The lowest BCUT2D eigenvalue weighted by atomic mass is 9.99. The molecule has 31 heavy (non-hydrogen) atoms. The Bertz CT molecular complexity index is 1000. The van der Waals surface area contributed by atoms with E-state index in [2.05, 4.69) is 29.1 Å². The van der Waals surface area contributed by atoms with Crippen molar-refractivity contribution in [3.8, 4) is 5.75 Å². The van der Waals surface area contributed by atoms with Gasteiger partial charge in [-0.15, -0.1) is 0 Å². The van der Waals surface area contributed by atoms with Crippen molar-refractivity contribution < 1.29 is 14.3 Å². The summed E-state index contributed by atoms with van der Waals surface area (Å²) in [6, 6.07) is 14.8. The minimum absolute atomic E-state index is 0.0542. The normalized spacial score (nSPS) is 10.7. The molecule has 0 atom stereocenters. The number of anilines is 1. The molecule has 0 aliphatic rings. The van der Waals surface area contributed by atoms with Crippen LogP contribution < -0.4 is 10.1 Å². The highest BCUT2D eigenvalue weighted by Crippen LogP contribution is 2.22. The first-order chi connectivity index (χ1) is 15.0. The molecule has 0 aliphatic carbocycles. The van der Waals surface area contributed by atoms with Crippen molar-refractivity contribution in [1.29, 1.82) is 0 Å². The van der Waals surface area contributed by atoms with Crippen LogP contribution in [-0.2, 0) is 17.8 Å². The average Bonchev–Trinajstić information content (AvgIpc) is 2.78. The van der Waals surface area contributed by atoms with Gasteiger partial charge in [0.2, 0.25) is 5.91 Å². The summed E-state index contributed by atoms with van der Waals surface area (Å²) in [6.07, 6.45) is 6.16. The van der Waals surface area contributed by atoms with Crippen LogP contribution in [0.3, 0.4) is 0 Å². The lowest BCUT2D eigenvalue weighted by Crippen LogP contribution is -2.15. The van der Waals surface area contributed by atoms with Crippen LogP contribution in [0.25, 0.3) is 0 Å². The van der Waals surface area contributed by atoms with Crippen molar-refractivity contribution >= 4 is 17.5 Å². The highest BCUT2D eigenvalue weighted by atomic mass is 16.5. The first-order valence-corrected chi connectivity index (χ1v) is 10.4. The Balaban J connectivity index is 1.52. The maximum atomic E-state index is 12.4. The van der Waals surface area contributed by atoms with E-state index in [1.54, 1.807) is 30.7 Å². The van der Waals surface area contributed by atoms with Crippen LogP contribution in [-0.4, -0.2) is 21.7 Å². The Kier molecular flexibility index (Phi) is 7.87.